The first-order valence-corrected chi connectivity index (χ1v) is 4.94. The molecule has 0 aliphatic carbocycles. The van der Waals surface area contributed by atoms with E-state index in [1.807, 2.05) is 4.68 Å². The molecule has 0 aliphatic heterocycles. The molecular weight excluding hydrogens is 218 g/mol. The van der Waals surface area contributed by atoms with Gasteiger partial charge in [0.1, 0.15) is 5.82 Å². The van der Waals surface area contributed by atoms with Gasteiger partial charge in [0.05, 0.1) is 16.7 Å². The highest BCUT2D eigenvalue weighted by atomic mass is 79.9. The van der Waals surface area contributed by atoms with Crippen LogP contribution in [0.5, 0.6) is 0 Å². The summed E-state index contributed by atoms with van der Waals surface area (Å²) in [5.41, 5.74) is 5.79. The van der Waals surface area contributed by atoms with Crippen LogP contribution in [0.3, 0.4) is 0 Å². The molecule has 1 heterocycles. The first-order valence-electron chi connectivity index (χ1n) is 4.15. The van der Waals surface area contributed by atoms with Crippen molar-refractivity contribution >= 4 is 21.7 Å². The number of hydrogen-bond donors (Lipinski definition) is 1. The summed E-state index contributed by atoms with van der Waals surface area (Å²) >= 11 is 3.33. The van der Waals surface area contributed by atoms with Gasteiger partial charge in [-0.1, -0.05) is 13.3 Å². The third-order valence-electron chi connectivity index (χ3n) is 1.91. The van der Waals surface area contributed by atoms with Gasteiger partial charge in [-0.15, -0.1) is 0 Å². The fourth-order valence-electron chi connectivity index (χ4n) is 1.24. The van der Waals surface area contributed by atoms with Crippen molar-refractivity contribution in [1.29, 1.82) is 0 Å². The Bertz CT molecular complexity index is 257. The Morgan fingerprint density at radius 3 is 2.83 bits per heavy atom. The molecular formula is C8H14BrN3. The van der Waals surface area contributed by atoms with Crippen LogP contribution in [-0.4, -0.2) is 9.78 Å². The first-order chi connectivity index (χ1) is 5.66. The Balaban J connectivity index is 2.80. The topological polar surface area (TPSA) is 43.8 Å². The normalized spacial score (nSPS) is 13.2. The number of anilines is 1. The van der Waals surface area contributed by atoms with E-state index in [4.69, 9.17) is 5.73 Å². The summed E-state index contributed by atoms with van der Waals surface area (Å²) in [6.07, 6.45) is 4.00. The molecule has 0 bridgehead atoms. The van der Waals surface area contributed by atoms with Gasteiger partial charge in [-0.05, 0) is 29.3 Å². The molecule has 0 saturated carbocycles. The van der Waals surface area contributed by atoms with Crippen LogP contribution in [-0.2, 0) is 0 Å². The number of hydrogen-bond acceptors (Lipinski definition) is 2. The summed E-state index contributed by atoms with van der Waals surface area (Å²) in [5.74, 6) is 0.718. The maximum Gasteiger partial charge on any atom is 0.136 e. The summed E-state index contributed by atoms with van der Waals surface area (Å²) in [6, 6.07) is 0.390. The minimum Gasteiger partial charge on any atom is -0.383 e. The van der Waals surface area contributed by atoms with E-state index >= 15 is 0 Å². The van der Waals surface area contributed by atoms with Crippen LogP contribution >= 0.6 is 15.9 Å². The monoisotopic (exact) mass is 231 g/mol. The fraction of sp³-hybridized carbons (Fsp3) is 0.625. The molecule has 1 unspecified atom stereocenters. The second-order valence-corrected chi connectivity index (χ2v) is 3.81. The maximum atomic E-state index is 5.79. The molecule has 1 aromatic rings. The fourth-order valence-corrected chi connectivity index (χ4v) is 1.52. The molecule has 4 heteroatoms. The average molecular weight is 232 g/mol. The lowest BCUT2D eigenvalue weighted by molar-refractivity contribution is 0.461. The highest BCUT2D eigenvalue weighted by molar-refractivity contribution is 9.10. The maximum absolute atomic E-state index is 5.79. The van der Waals surface area contributed by atoms with E-state index in [9.17, 15) is 0 Å². The number of aromatic nitrogens is 2. The zero-order chi connectivity index (χ0) is 9.14. The summed E-state index contributed by atoms with van der Waals surface area (Å²) < 4.78 is 2.73. The Labute approximate surface area is 81.1 Å². The molecule has 0 radical (unpaired) electrons. The van der Waals surface area contributed by atoms with Gasteiger partial charge >= 0.3 is 0 Å². The molecule has 1 atom stereocenters. The highest BCUT2D eigenvalue weighted by Crippen LogP contribution is 2.23. The number of nitrogen functional groups attached to an aromatic ring is 1. The lowest BCUT2D eigenvalue weighted by Crippen LogP contribution is -2.09. The predicted molar refractivity (Wildman–Crippen MR) is 54.0 cm³/mol. The van der Waals surface area contributed by atoms with Gasteiger partial charge in [0.15, 0.2) is 0 Å². The lowest BCUT2D eigenvalue weighted by atomic mass is 10.2. The van der Waals surface area contributed by atoms with E-state index in [1.165, 1.54) is 0 Å². The van der Waals surface area contributed by atoms with E-state index in [0.29, 0.717) is 6.04 Å². The summed E-state index contributed by atoms with van der Waals surface area (Å²) in [6.45, 7) is 4.28. The van der Waals surface area contributed by atoms with Gasteiger partial charge in [-0.25, -0.2) is 4.68 Å². The van der Waals surface area contributed by atoms with Crippen molar-refractivity contribution < 1.29 is 0 Å². The van der Waals surface area contributed by atoms with E-state index in [1.54, 1.807) is 6.20 Å². The Morgan fingerprint density at radius 1 is 1.75 bits per heavy atom. The van der Waals surface area contributed by atoms with Crippen LogP contribution in [0.15, 0.2) is 10.7 Å². The molecule has 0 spiro atoms. The first kappa shape index (κ1) is 9.58. The third-order valence-corrected chi connectivity index (χ3v) is 2.52. The van der Waals surface area contributed by atoms with Gasteiger partial charge in [-0.3, -0.25) is 0 Å². The zero-order valence-electron chi connectivity index (χ0n) is 7.42. The average Bonchev–Trinajstić information content (AvgIpc) is 2.34. The van der Waals surface area contributed by atoms with Crippen molar-refractivity contribution in [3.63, 3.8) is 0 Å². The Hall–Kier alpha value is -0.510. The molecule has 68 valence electrons. The van der Waals surface area contributed by atoms with Gasteiger partial charge < -0.3 is 5.73 Å². The van der Waals surface area contributed by atoms with Crippen molar-refractivity contribution in [2.24, 2.45) is 0 Å². The van der Waals surface area contributed by atoms with Crippen LogP contribution in [0.2, 0.25) is 0 Å². The SMILES string of the molecule is CCCC(C)n1ncc(Br)c1N. The van der Waals surface area contributed by atoms with Crippen molar-refractivity contribution in [1.82, 2.24) is 9.78 Å². The minimum absolute atomic E-state index is 0.390. The molecule has 1 aromatic heterocycles. The second kappa shape index (κ2) is 3.94. The summed E-state index contributed by atoms with van der Waals surface area (Å²) in [7, 11) is 0. The molecule has 3 nitrogen and oxygen atoms in total. The quantitative estimate of drug-likeness (QED) is 0.870. The molecule has 0 amide bonds. The number of nitrogens with two attached hydrogens (primary N) is 1. The van der Waals surface area contributed by atoms with Crippen LogP contribution < -0.4 is 5.73 Å². The molecule has 0 aliphatic rings. The van der Waals surface area contributed by atoms with Crippen molar-refractivity contribution in [3.8, 4) is 0 Å². The van der Waals surface area contributed by atoms with Crippen LogP contribution in [0.1, 0.15) is 32.7 Å². The third kappa shape index (κ3) is 1.80. The van der Waals surface area contributed by atoms with E-state index in [-0.39, 0.29) is 0 Å². The van der Waals surface area contributed by atoms with Gasteiger partial charge in [0.2, 0.25) is 0 Å². The van der Waals surface area contributed by atoms with Gasteiger partial charge in [0, 0.05) is 0 Å². The van der Waals surface area contributed by atoms with Gasteiger partial charge in [-0.2, -0.15) is 5.10 Å². The van der Waals surface area contributed by atoms with Crippen LogP contribution in [0, 0.1) is 0 Å². The number of rotatable bonds is 3. The summed E-state index contributed by atoms with van der Waals surface area (Å²) in [5, 5.41) is 4.18. The van der Waals surface area contributed by atoms with Crippen molar-refractivity contribution in [2.45, 2.75) is 32.7 Å². The predicted octanol–water partition coefficient (Wildman–Crippen LogP) is 2.59. The number of halogens is 1. The van der Waals surface area contributed by atoms with Crippen molar-refractivity contribution in [2.75, 3.05) is 5.73 Å². The minimum atomic E-state index is 0.390. The summed E-state index contributed by atoms with van der Waals surface area (Å²) in [4.78, 5) is 0. The molecule has 0 aromatic carbocycles. The standard InChI is InChI=1S/C8H14BrN3/c1-3-4-6(2)12-8(10)7(9)5-11-12/h5-6H,3-4,10H2,1-2H3. The Morgan fingerprint density at radius 2 is 2.42 bits per heavy atom. The smallest absolute Gasteiger partial charge is 0.136 e. The molecule has 2 N–H and O–H groups in total. The number of nitrogens with zero attached hydrogens (tertiary/aromatic N) is 2. The Kier molecular flexibility index (Phi) is 3.14. The van der Waals surface area contributed by atoms with E-state index in [0.717, 1.165) is 23.1 Å². The lowest BCUT2D eigenvalue weighted by Gasteiger charge is -2.12. The molecule has 1 rings (SSSR count). The largest absolute Gasteiger partial charge is 0.383 e. The van der Waals surface area contributed by atoms with Gasteiger partial charge in [0.25, 0.3) is 0 Å². The molecule has 12 heavy (non-hydrogen) atoms. The van der Waals surface area contributed by atoms with Crippen molar-refractivity contribution in [3.05, 3.63) is 10.7 Å². The van der Waals surface area contributed by atoms with E-state index < -0.39 is 0 Å². The zero-order valence-corrected chi connectivity index (χ0v) is 9.00. The van der Waals surface area contributed by atoms with Crippen LogP contribution in [0.25, 0.3) is 0 Å². The van der Waals surface area contributed by atoms with Crippen LogP contribution in [0.4, 0.5) is 5.82 Å². The highest BCUT2D eigenvalue weighted by Gasteiger charge is 2.09. The van der Waals surface area contributed by atoms with E-state index in [2.05, 4.69) is 34.9 Å². The molecule has 0 saturated heterocycles. The second-order valence-electron chi connectivity index (χ2n) is 2.96. The molecule has 0 fully saturated rings.